The van der Waals surface area contributed by atoms with Gasteiger partial charge in [0.25, 0.3) is 0 Å². The summed E-state index contributed by atoms with van der Waals surface area (Å²) in [6.07, 6.45) is 0.276. The van der Waals surface area contributed by atoms with Gasteiger partial charge in [0.1, 0.15) is 12.2 Å². The quantitative estimate of drug-likeness (QED) is 0.418. The minimum Gasteiger partial charge on any atom is -0.394 e. The number of aliphatic hydroxyl groups is 3. The average Bonchev–Trinajstić information content (AvgIpc) is 2.22. The Kier molecular flexibility index (Phi) is 8.81. The first-order valence-electron chi connectivity index (χ1n) is 4.44. The van der Waals surface area contributed by atoms with Crippen LogP contribution in [0.15, 0.2) is 12.7 Å². The van der Waals surface area contributed by atoms with E-state index < -0.39 is 12.2 Å². The van der Waals surface area contributed by atoms with E-state index in [0.29, 0.717) is 6.61 Å². The summed E-state index contributed by atoms with van der Waals surface area (Å²) >= 11 is 0. The van der Waals surface area contributed by atoms with Gasteiger partial charge in [-0.05, 0) is 0 Å². The molecule has 0 aromatic heterocycles. The van der Waals surface area contributed by atoms with E-state index in [2.05, 4.69) is 6.58 Å². The number of ether oxygens (including phenoxy) is 2. The molecule has 0 amide bonds. The molecule has 2 unspecified atom stereocenters. The second kappa shape index (κ2) is 9.11. The van der Waals surface area contributed by atoms with Gasteiger partial charge in [0, 0.05) is 0 Å². The highest BCUT2D eigenvalue weighted by Gasteiger charge is 2.08. The van der Waals surface area contributed by atoms with Crippen LogP contribution in [-0.2, 0) is 9.47 Å². The van der Waals surface area contributed by atoms with Crippen molar-refractivity contribution in [1.29, 1.82) is 0 Å². The molecule has 0 aromatic rings. The first-order chi connectivity index (χ1) is 6.74. The Morgan fingerprint density at radius 2 is 1.93 bits per heavy atom. The molecule has 5 heteroatoms. The second-order valence-corrected chi connectivity index (χ2v) is 2.80. The van der Waals surface area contributed by atoms with Crippen molar-refractivity contribution in [2.45, 2.75) is 12.2 Å². The highest BCUT2D eigenvalue weighted by atomic mass is 16.5. The minimum absolute atomic E-state index is 0.0322. The summed E-state index contributed by atoms with van der Waals surface area (Å²) < 4.78 is 10.1. The maximum Gasteiger partial charge on any atom is 0.104 e. The first kappa shape index (κ1) is 13.5. The summed E-state index contributed by atoms with van der Waals surface area (Å²) in [4.78, 5) is 0. The van der Waals surface area contributed by atoms with Gasteiger partial charge in [0.15, 0.2) is 0 Å². The molecule has 0 heterocycles. The van der Waals surface area contributed by atoms with Crippen LogP contribution in [0.3, 0.4) is 0 Å². The first-order valence-corrected chi connectivity index (χ1v) is 4.44. The molecular formula is C9H18O5. The van der Waals surface area contributed by atoms with Gasteiger partial charge < -0.3 is 24.8 Å². The molecule has 0 saturated carbocycles. The summed E-state index contributed by atoms with van der Waals surface area (Å²) in [7, 11) is 0. The van der Waals surface area contributed by atoms with Gasteiger partial charge in [-0.25, -0.2) is 0 Å². The molecule has 0 spiro atoms. The van der Waals surface area contributed by atoms with E-state index in [0.717, 1.165) is 0 Å². The maximum absolute atomic E-state index is 8.93. The third-order valence-corrected chi connectivity index (χ3v) is 1.48. The minimum atomic E-state index is -0.881. The molecule has 0 aliphatic carbocycles. The molecule has 2 atom stereocenters. The molecule has 0 bridgehead atoms. The number of rotatable bonds is 9. The summed E-state index contributed by atoms with van der Waals surface area (Å²) in [5.74, 6) is 0. The van der Waals surface area contributed by atoms with Crippen molar-refractivity contribution in [3.63, 3.8) is 0 Å². The van der Waals surface area contributed by atoms with Crippen LogP contribution in [-0.4, -0.2) is 60.6 Å². The Morgan fingerprint density at radius 3 is 2.43 bits per heavy atom. The van der Waals surface area contributed by atoms with E-state index in [-0.39, 0.29) is 26.4 Å². The van der Waals surface area contributed by atoms with Crippen LogP contribution in [0.25, 0.3) is 0 Å². The van der Waals surface area contributed by atoms with Crippen molar-refractivity contribution in [1.82, 2.24) is 0 Å². The van der Waals surface area contributed by atoms with E-state index in [1.807, 2.05) is 0 Å². The summed E-state index contributed by atoms with van der Waals surface area (Å²) in [6, 6.07) is 0. The fraction of sp³-hybridized carbons (Fsp3) is 0.778. The third-order valence-electron chi connectivity index (χ3n) is 1.48. The molecule has 0 rings (SSSR count). The van der Waals surface area contributed by atoms with Crippen LogP contribution in [0.1, 0.15) is 0 Å². The average molecular weight is 206 g/mol. The molecule has 0 aliphatic heterocycles. The predicted molar refractivity (Wildman–Crippen MR) is 50.9 cm³/mol. The standard InChI is InChI=1S/C9H18O5/c1-2-3-14-9(5-11)7-13-6-8(12)4-10/h2,8-12H,1,3-7H2. The van der Waals surface area contributed by atoms with E-state index in [1.54, 1.807) is 6.08 Å². The zero-order valence-electron chi connectivity index (χ0n) is 8.13. The Labute approximate surface area is 83.6 Å². The lowest BCUT2D eigenvalue weighted by Gasteiger charge is -2.15. The van der Waals surface area contributed by atoms with Gasteiger partial charge >= 0.3 is 0 Å². The molecular weight excluding hydrogens is 188 g/mol. The van der Waals surface area contributed by atoms with Crippen molar-refractivity contribution in [2.75, 3.05) is 33.0 Å². The normalized spacial score (nSPS) is 15.1. The molecule has 5 nitrogen and oxygen atoms in total. The van der Waals surface area contributed by atoms with Crippen LogP contribution in [0.4, 0.5) is 0 Å². The Bertz CT molecular complexity index is 139. The van der Waals surface area contributed by atoms with Gasteiger partial charge in [-0.2, -0.15) is 0 Å². The van der Waals surface area contributed by atoms with Crippen LogP contribution in [0.2, 0.25) is 0 Å². The Balaban J connectivity index is 3.46. The molecule has 0 aliphatic rings. The van der Waals surface area contributed by atoms with Crippen LogP contribution in [0, 0.1) is 0 Å². The third kappa shape index (κ3) is 6.99. The number of hydrogen-bond acceptors (Lipinski definition) is 5. The van der Waals surface area contributed by atoms with Crippen LogP contribution in [0.5, 0.6) is 0 Å². The molecule has 3 N–H and O–H groups in total. The zero-order valence-corrected chi connectivity index (χ0v) is 8.13. The lowest BCUT2D eigenvalue weighted by atomic mass is 10.4. The lowest BCUT2D eigenvalue weighted by molar-refractivity contribution is -0.0580. The maximum atomic E-state index is 8.93. The summed E-state index contributed by atoms with van der Waals surface area (Å²) in [5, 5.41) is 26.2. The summed E-state index contributed by atoms with van der Waals surface area (Å²) in [5.41, 5.74) is 0. The zero-order chi connectivity index (χ0) is 10.8. The van der Waals surface area contributed by atoms with Gasteiger partial charge in [0.2, 0.25) is 0 Å². The van der Waals surface area contributed by atoms with Gasteiger partial charge in [-0.3, -0.25) is 0 Å². The highest BCUT2D eigenvalue weighted by Crippen LogP contribution is 1.94. The van der Waals surface area contributed by atoms with E-state index in [1.165, 1.54) is 0 Å². The predicted octanol–water partition coefficient (Wildman–Crippen LogP) is -1.08. The fourth-order valence-electron chi connectivity index (χ4n) is 0.746. The topological polar surface area (TPSA) is 79.2 Å². The molecule has 0 aromatic carbocycles. The van der Waals surface area contributed by atoms with Crippen molar-refractivity contribution in [2.24, 2.45) is 0 Å². The van der Waals surface area contributed by atoms with Crippen molar-refractivity contribution in [3.05, 3.63) is 12.7 Å². The van der Waals surface area contributed by atoms with Gasteiger partial charge in [-0.1, -0.05) is 6.08 Å². The highest BCUT2D eigenvalue weighted by molar-refractivity contribution is 4.66. The SMILES string of the molecule is C=CCOC(CO)COCC(O)CO. The van der Waals surface area contributed by atoms with Crippen molar-refractivity contribution < 1.29 is 24.8 Å². The smallest absolute Gasteiger partial charge is 0.104 e. The van der Waals surface area contributed by atoms with Gasteiger partial charge in [0.05, 0.1) is 33.0 Å². The Hall–Kier alpha value is -0.460. The monoisotopic (exact) mass is 206 g/mol. The van der Waals surface area contributed by atoms with Gasteiger partial charge in [-0.15, -0.1) is 6.58 Å². The van der Waals surface area contributed by atoms with E-state index in [9.17, 15) is 0 Å². The number of hydrogen-bond donors (Lipinski definition) is 3. The summed E-state index contributed by atoms with van der Waals surface area (Å²) in [6.45, 7) is 3.54. The molecule has 84 valence electrons. The second-order valence-electron chi connectivity index (χ2n) is 2.80. The molecule has 0 fully saturated rings. The van der Waals surface area contributed by atoms with Crippen LogP contribution < -0.4 is 0 Å². The fourth-order valence-corrected chi connectivity index (χ4v) is 0.746. The van der Waals surface area contributed by atoms with Crippen LogP contribution >= 0.6 is 0 Å². The van der Waals surface area contributed by atoms with Crippen molar-refractivity contribution >= 4 is 0 Å². The number of aliphatic hydroxyl groups excluding tert-OH is 3. The van der Waals surface area contributed by atoms with Crippen molar-refractivity contribution in [3.8, 4) is 0 Å². The molecule has 0 radical (unpaired) electrons. The Morgan fingerprint density at radius 1 is 1.21 bits per heavy atom. The molecule has 14 heavy (non-hydrogen) atoms. The molecule has 0 saturated heterocycles. The van der Waals surface area contributed by atoms with E-state index >= 15 is 0 Å². The van der Waals surface area contributed by atoms with E-state index in [4.69, 9.17) is 24.8 Å². The largest absolute Gasteiger partial charge is 0.394 e. The lowest BCUT2D eigenvalue weighted by Crippen LogP contribution is -2.27.